The summed E-state index contributed by atoms with van der Waals surface area (Å²) >= 11 is 0. The Morgan fingerprint density at radius 1 is 1.33 bits per heavy atom. The quantitative estimate of drug-likeness (QED) is 0.588. The summed E-state index contributed by atoms with van der Waals surface area (Å²) in [7, 11) is 0. The molecule has 0 atom stereocenters. The molecule has 0 unspecified atom stereocenters. The summed E-state index contributed by atoms with van der Waals surface area (Å²) in [6.45, 7) is 2.01. The van der Waals surface area contributed by atoms with Crippen molar-refractivity contribution in [3.63, 3.8) is 0 Å². The van der Waals surface area contributed by atoms with Crippen LogP contribution in [-0.2, 0) is 16.1 Å². The molecule has 0 amide bonds. The number of rotatable bonds is 4. The molecule has 0 fully saturated rings. The van der Waals surface area contributed by atoms with E-state index in [2.05, 4.69) is 0 Å². The molecule has 15 heavy (non-hydrogen) atoms. The summed E-state index contributed by atoms with van der Waals surface area (Å²) in [5.41, 5.74) is 0.648. The third kappa shape index (κ3) is 3.50. The van der Waals surface area contributed by atoms with Crippen LogP contribution >= 0.6 is 0 Å². The zero-order chi connectivity index (χ0) is 11.3. The van der Waals surface area contributed by atoms with E-state index >= 15 is 0 Å². The van der Waals surface area contributed by atoms with E-state index in [0.717, 1.165) is 6.42 Å². The van der Waals surface area contributed by atoms with Crippen LogP contribution in [0, 0.1) is 0 Å². The van der Waals surface area contributed by atoms with Gasteiger partial charge in [0.1, 0.15) is 6.61 Å². The topological polar surface area (TPSA) is 66.8 Å². The Hall–Kier alpha value is -1.71. The zero-order valence-electron chi connectivity index (χ0n) is 8.56. The van der Waals surface area contributed by atoms with E-state index in [0.29, 0.717) is 12.0 Å². The van der Waals surface area contributed by atoms with Crippen molar-refractivity contribution < 1.29 is 19.7 Å². The molecule has 0 bridgehead atoms. The number of phenols is 2. The number of carbonyl (C=O) groups is 1. The fraction of sp³-hybridized carbons (Fsp3) is 0.364. The fourth-order valence-corrected chi connectivity index (χ4v) is 1.10. The van der Waals surface area contributed by atoms with E-state index in [4.69, 9.17) is 9.84 Å². The minimum atomic E-state index is -0.259. The van der Waals surface area contributed by atoms with Crippen LogP contribution in [0.25, 0.3) is 0 Å². The fourth-order valence-electron chi connectivity index (χ4n) is 1.10. The van der Waals surface area contributed by atoms with Gasteiger partial charge in [0.25, 0.3) is 0 Å². The number of aromatic hydroxyl groups is 2. The molecule has 0 aliphatic rings. The van der Waals surface area contributed by atoms with Gasteiger partial charge in [0.15, 0.2) is 11.5 Å². The molecular weight excluding hydrogens is 196 g/mol. The molecule has 0 saturated heterocycles. The summed E-state index contributed by atoms with van der Waals surface area (Å²) in [4.78, 5) is 11.0. The minimum Gasteiger partial charge on any atom is -0.504 e. The average Bonchev–Trinajstić information content (AvgIpc) is 2.20. The number of hydrogen-bond acceptors (Lipinski definition) is 4. The maximum absolute atomic E-state index is 11.0. The molecule has 1 aromatic rings. The molecule has 2 N–H and O–H groups in total. The van der Waals surface area contributed by atoms with Gasteiger partial charge in [0, 0.05) is 6.42 Å². The smallest absolute Gasteiger partial charge is 0.306 e. The second-order valence-corrected chi connectivity index (χ2v) is 3.23. The predicted octanol–water partition coefficient (Wildman–Crippen LogP) is 1.94. The predicted molar refractivity (Wildman–Crippen MR) is 54.5 cm³/mol. The van der Waals surface area contributed by atoms with Gasteiger partial charge in [-0.05, 0) is 24.1 Å². The first-order chi connectivity index (χ1) is 7.13. The van der Waals surface area contributed by atoms with Crippen LogP contribution in [0.1, 0.15) is 25.3 Å². The molecule has 1 aromatic carbocycles. The summed E-state index contributed by atoms with van der Waals surface area (Å²) in [6.07, 6.45) is 1.14. The van der Waals surface area contributed by atoms with E-state index in [9.17, 15) is 9.90 Å². The Labute approximate surface area is 88.1 Å². The summed E-state index contributed by atoms with van der Waals surface area (Å²) in [6, 6.07) is 4.32. The highest BCUT2D eigenvalue weighted by Crippen LogP contribution is 2.25. The lowest BCUT2D eigenvalue weighted by Crippen LogP contribution is -2.03. The minimum absolute atomic E-state index is 0.118. The van der Waals surface area contributed by atoms with Gasteiger partial charge in [0.2, 0.25) is 0 Å². The van der Waals surface area contributed by atoms with Crippen molar-refractivity contribution in [2.75, 3.05) is 0 Å². The van der Waals surface area contributed by atoms with Crippen molar-refractivity contribution in [1.29, 1.82) is 0 Å². The van der Waals surface area contributed by atoms with Crippen molar-refractivity contribution in [2.24, 2.45) is 0 Å². The molecule has 0 heterocycles. The van der Waals surface area contributed by atoms with E-state index in [-0.39, 0.29) is 24.1 Å². The maximum atomic E-state index is 11.0. The molecule has 0 radical (unpaired) electrons. The summed E-state index contributed by atoms with van der Waals surface area (Å²) < 4.78 is 4.93. The molecule has 0 aromatic heterocycles. The van der Waals surface area contributed by atoms with Crippen LogP contribution in [0.3, 0.4) is 0 Å². The number of hydrogen-bond donors (Lipinski definition) is 2. The van der Waals surface area contributed by atoms with Gasteiger partial charge in [0.05, 0.1) is 0 Å². The first kappa shape index (κ1) is 11.4. The van der Waals surface area contributed by atoms with Gasteiger partial charge in [-0.1, -0.05) is 13.0 Å². The van der Waals surface area contributed by atoms with Gasteiger partial charge in [-0.15, -0.1) is 0 Å². The standard InChI is InChI=1S/C11H14O4/c1-2-3-11(14)15-7-8-4-5-9(12)10(13)6-8/h4-6,12-13H,2-3,7H2,1H3. The Bertz CT molecular complexity index is 346. The van der Waals surface area contributed by atoms with Crippen LogP contribution in [0.4, 0.5) is 0 Å². The molecule has 1 rings (SSSR count). The monoisotopic (exact) mass is 210 g/mol. The van der Waals surface area contributed by atoms with Gasteiger partial charge in [-0.25, -0.2) is 0 Å². The van der Waals surface area contributed by atoms with Crippen molar-refractivity contribution >= 4 is 5.97 Å². The Morgan fingerprint density at radius 3 is 2.67 bits per heavy atom. The van der Waals surface area contributed by atoms with Crippen LogP contribution in [0.2, 0.25) is 0 Å². The van der Waals surface area contributed by atoms with Crippen LogP contribution in [0.15, 0.2) is 18.2 Å². The third-order valence-corrected chi connectivity index (χ3v) is 1.89. The SMILES string of the molecule is CCCC(=O)OCc1ccc(O)c(O)c1. The lowest BCUT2D eigenvalue weighted by atomic mass is 10.2. The maximum Gasteiger partial charge on any atom is 0.306 e. The summed E-state index contributed by atoms with van der Waals surface area (Å²) in [5.74, 6) is -0.650. The van der Waals surface area contributed by atoms with Gasteiger partial charge in [-0.2, -0.15) is 0 Å². The normalized spacial score (nSPS) is 9.93. The Kier molecular flexibility index (Phi) is 3.97. The van der Waals surface area contributed by atoms with Gasteiger partial charge >= 0.3 is 5.97 Å². The third-order valence-electron chi connectivity index (χ3n) is 1.89. The second-order valence-electron chi connectivity index (χ2n) is 3.23. The highest BCUT2D eigenvalue weighted by Gasteiger charge is 2.04. The van der Waals surface area contributed by atoms with Crippen LogP contribution in [-0.4, -0.2) is 16.2 Å². The lowest BCUT2D eigenvalue weighted by molar-refractivity contribution is -0.144. The van der Waals surface area contributed by atoms with Gasteiger partial charge < -0.3 is 14.9 Å². The molecule has 4 heteroatoms. The van der Waals surface area contributed by atoms with E-state index in [1.165, 1.54) is 12.1 Å². The average molecular weight is 210 g/mol. The number of phenolic OH excluding ortho intramolecular Hbond substituents is 2. The first-order valence-electron chi connectivity index (χ1n) is 4.80. The molecule has 0 aliphatic heterocycles. The lowest BCUT2D eigenvalue weighted by Gasteiger charge is -2.05. The van der Waals surface area contributed by atoms with Crippen molar-refractivity contribution in [3.05, 3.63) is 23.8 Å². The molecule has 0 aliphatic carbocycles. The molecule has 0 saturated carbocycles. The van der Waals surface area contributed by atoms with E-state index < -0.39 is 0 Å². The summed E-state index contributed by atoms with van der Waals surface area (Å²) in [5, 5.41) is 18.2. The van der Waals surface area contributed by atoms with Crippen LogP contribution in [0.5, 0.6) is 11.5 Å². The van der Waals surface area contributed by atoms with Crippen LogP contribution < -0.4 is 0 Å². The number of carbonyl (C=O) groups excluding carboxylic acids is 1. The largest absolute Gasteiger partial charge is 0.504 e. The van der Waals surface area contributed by atoms with Crippen molar-refractivity contribution in [2.45, 2.75) is 26.4 Å². The van der Waals surface area contributed by atoms with Gasteiger partial charge in [-0.3, -0.25) is 4.79 Å². The van der Waals surface area contributed by atoms with E-state index in [1.807, 2.05) is 6.92 Å². The number of esters is 1. The highest BCUT2D eigenvalue weighted by molar-refractivity contribution is 5.69. The van der Waals surface area contributed by atoms with Crippen molar-refractivity contribution in [1.82, 2.24) is 0 Å². The number of benzene rings is 1. The zero-order valence-corrected chi connectivity index (χ0v) is 8.56. The Morgan fingerprint density at radius 2 is 2.07 bits per heavy atom. The molecule has 4 nitrogen and oxygen atoms in total. The number of ether oxygens (including phenoxy) is 1. The van der Waals surface area contributed by atoms with Crippen molar-refractivity contribution in [3.8, 4) is 11.5 Å². The molecular formula is C11H14O4. The molecule has 0 spiro atoms. The molecule has 82 valence electrons. The Balaban J connectivity index is 2.51. The first-order valence-corrected chi connectivity index (χ1v) is 4.80. The second kappa shape index (κ2) is 5.24. The van der Waals surface area contributed by atoms with E-state index in [1.54, 1.807) is 6.07 Å². The highest BCUT2D eigenvalue weighted by atomic mass is 16.5.